The number of aryl methyl sites for hydroxylation is 1. The number of ketones is 1. The maximum absolute atomic E-state index is 12.5. The van der Waals surface area contributed by atoms with Crippen molar-refractivity contribution in [2.45, 2.75) is 33.1 Å². The summed E-state index contributed by atoms with van der Waals surface area (Å²) < 4.78 is 0. The second kappa shape index (κ2) is 7.60. The fraction of sp³-hybridized carbons (Fsp3) is 0.333. The SMILES string of the molecule is Cc1[nH]c(C(=O)O)c(C)c1C(=O)/C=C/c1ccc(N2CCCCC2)cc1. The molecular weight excluding hydrogens is 328 g/mol. The molecule has 5 nitrogen and oxygen atoms in total. The first-order valence-electron chi connectivity index (χ1n) is 8.97. The van der Waals surface area contributed by atoms with E-state index < -0.39 is 5.97 Å². The highest BCUT2D eigenvalue weighted by Gasteiger charge is 2.20. The summed E-state index contributed by atoms with van der Waals surface area (Å²) in [5.74, 6) is -1.24. The standard InChI is InChI=1S/C21H24N2O3/c1-14-19(15(2)22-20(14)21(25)26)18(24)11-8-16-6-9-17(10-7-16)23-12-4-3-5-13-23/h6-11,22H,3-5,12-13H2,1-2H3,(H,25,26)/b11-8+. The molecule has 1 aliphatic rings. The van der Waals surface area contributed by atoms with Crippen LogP contribution in [-0.2, 0) is 0 Å². The summed E-state index contributed by atoms with van der Waals surface area (Å²) in [6, 6.07) is 8.19. The number of aromatic amines is 1. The maximum atomic E-state index is 12.5. The summed E-state index contributed by atoms with van der Waals surface area (Å²) >= 11 is 0. The highest BCUT2D eigenvalue weighted by Crippen LogP contribution is 2.22. The van der Waals surface area contributed by atoms with Gasteiger partial charge in [-0.1, -0.05) is 18.2 Å². The van der Waals surface area contributed by atoms with Gasteiger partial charge < -0.3 is 15.0 Å². The number of rotatable bonds is 5. The molecule has 1 aliphatic heterocycles. The molecule has 1 aromatic carbocycles. The molecule has 2 heterocycles. The van der Waals surface area contributed by atoms with Gasteiger partial charge >= 0.3 is 5.97 Å². The molecule has 0 aliphatic carbocycles. The van der Waals surface area contributed by atoms with E-state index >= 15 is 0 Å². The van der Waals surface area contributed by atoms with Crippen LogP contribution in [0.1, 0.15) is 56.9 Å². The molecule has 0 spiro atoms. The van der Waals surface area contributed by atoms with Crippen molar-refractivity contribution in [3.05, 3.63) is 58.4 Å². The molecule has 0 radical (unpaired) electrons. The molecule has 3 rings (SSSR count). The van der Waals surface area contributed by atoms with Crippen molar-refractivity contribution in [2.24, 2.45) is 0 Å². The number of H-pyrrole nitrogens is 1. The van der Waals surface area contributed by atoms with Gasteiger partial charge in [0, 0.05) is 30.0 Å². The number of carboxylic acid groups (broad SMARTS) is 1. The Morgan fingerprint density at radius 2 is 1.73 bits per heavy atom. The lowest BCUT2D eigenvalue weighted by Gasteiger charge is -2.28. The van der Waals surface area contributed by atoms with E-state index in [9.17, 15) is 9.59 Å². The first kappa shape index (κ1) is 18.0. The number of nitrogens with one attached hydrogen (secondary N) is 1. The summed E-state index contributed by atoms with van der Waals surface area (Å²) in [6.07, 6.45) is 7.06. The number of aromatic carboxylic acids is 1. The van der Waals surface area contributed by atoms with Crippen LogP contribution in [0.15, 0.2) is 30.3 Å². The average molecular weight is 352 g/mol. The predicted octanol–water partition coefficient (Wildman–Crippen LogP) is 4.22. The second-order valence-electron chi connectivity index (χ2n) is 6.77. The number of nitrogens with zero attached hydrogens (tertiary/aromatic N) is 1. The fourth-order valence-corrected chi connectivity index (χ4v) is 3.54. The first-order valence-corrected chi connectivity index (χ1v) is 8.97. The van der Waals surface area contributed by atoms with E-state index in [2.05, 4.69) is 22.0 Å². The lowest BCUT2D eigenvalue weighted by atomic mass is 10.0. The number of carbonyl (C=O) groups excluding carboxylic acids is 1. The summed E-state index contributed by atoms with van der Waals surface area (Å²) in [5, 5.41) is 9.16. The van der Waals surface area contributed by atoms with Gasteiger partial charge in [0.1, 0.15) is 5.69 Å². The Hall–Kier alpha value is -2.82. The zero-order chi connectivity index (χ0) is 18.7. The van der Waals surface area contributed by atoms with Crippen LogP contribution in [0, 0.1) is 13.8 Å². The van der Waals surface area contributed by atoms with E-state index in [4.69, 9.17) is 5.11 Å². The molecule has 0 unspecified atom stereocenters. The van der Waals surface area contributed by atoms with Gasteiger partial charge in [-0.2, -0.15) is 0 Å². The summed E-state index contributed by atoms with van der Waals surface area (Å²) in [5.41, 5.74) is 3.73. The van der Waals surface area contributed by atoms with Crippen molar-refractivity contribution in [1.82, 2.24) is 4.98 Å². The topological polar surface area (TPSA) is 73.4 Å². The Bertz CT molecular complexity index is 841. The van der Waals surface area contributed by atoms with E-state index in [-0.39, 0.29) is 11.5 Å². The van der Waals surface area contributed by atoms with Gasteiger partial charge in [0.25, 0.3) is 0 Å². The molecule has 2 aromatic rings. The quantitative estimate of drug-likeness (QED) is 0.624. The number of hydrogen-bond donors (Lipinski definition) is 2. The van der Waals surface area contributed by atoms with Crippen LogP contribution in [0.4, 0.5) is 5.69 Å². The minimum absolute atomic E-state index is 0.0742. The number of benzene rings is 1. The maximum Gasteiger partial charge on any atom is 0.352 e. The van der Waals surface area contributed by atoms with Gasteiger partial charge in [-0.3, -0.25) is 4.79 Å². The number of carbonyl (C=O) groups is 2. The van der Waals surface area contributed by atoms with E-state index in [1.54, 1.807) is 19.9 Å². The van der Waals surface area contributed by atoms with Crippen LogP contribution in [0.2, 0.25) is 0 Å². The third kappa shape index (κ3) is 3.72. The Morgan fingerprint density at radius 3 is 2.31 bits per heavy atom. The molecule has 0 amide bonds. The van der Waals surface area contributed by atoms with Crippen LogP contribution in [-0.4, -0.2) is 34.9 Å². The van der Waals surface area contributed by atoms with Crippen LogP contribution in [0.25, 0.3) is 6.08 Å². The zero-order valence-corrected chi connectivity index (χ0v) is 15.2. The minimum Gasteiger partial charge on any atom is -0.477 e. The van der Waals surface area contributed by atoms with Gasteiger partial charge in [0.15, 0.2) is 5.78 Å². The highest BCUT2D eigenvalue weighted by molar-refractivity contribution is 6.10. The molecule has 1 fully saturated rings. The molecule has 0 atom stereocenters. The van der Waals surface area contributed by atoms with Gasteiger partial charge in [0.05, 0.1) is 0 Å². The summed E-state index contributed by atoms with van der Waals surface area (Å²) in [7, 11) is 0. The van der Waals surface area contributed by atoms with Crippen molar-refractivity contribution < 1.29 is 14.7 Å². The third-order valence-electron chi connectivity index (χ3n) is 4.94. The predicted molar refractivity (Wildman–Crippen MR) is 103 cm³/mol. The van der Waals surface area contributed by atoms with E-state index in [1.165, 1.54) is 31.0 Å². The molecular formula is C21H24N2O3. The van der Waals surface area contributed by atoms with Gasteiger partial charge in [-0.15, -0.1) is 0 Å². The lowest BCUT2D eigenvalue weighted by Crippen LogP contribution is -2.29. The normalized spacial score (nSPS) is 14.8. The monoisotopic (exact) mass is 352 g/mol. The molecule has 0 saturated carbocycles. The second-order valence-corrected chi connectivity index (χ2v) is 6.77. The minimum atomic E-state index is -1.05. The van der Waals surface area contributed by atoms with Crippen molar-refractivity contribution in [2.75, 3.05) is 18.0 Å². The number of carboxylic acids is 1. The van der Waals surface area contributed by atoms with E-state index in [0.29, 0.717) is 16.8 Å². The smallest absolute Gasteiger partial charge is 0.352 e. The van der Waals surface area contributed by atoms with Gasteiger partial charge in [0.2, 0.25) is 0 Å². The Labute approximate surface area is 153 Å². The number of piperidine rings is 1. The molecule has 26 heavy (non-hydrogen) atoms. The Balaban J connectivity index is 1.73. The first-order chi connectivity index (χ1) is 12.5. The molecule has 136 valence electrons. The average Bonchev–Trinajstić information content (AvgIpc) is 2.95. The number of anilines is 1. The zero-order valence-electron chi connectivity index (χ0n) is 15.2. The van der Waals surface area contributed by atoms with Crippen molar-refractivity contribution in [3.63, 3.8) is 0 Å². The van der Waals surface area contributed by atoms with Crippen LogP contribution in [0.3, 0.4) is 0 Å². The van der Waals surface area contributed by atoms with Gasteiger partial charge in [-0.25, -0.2) is 4.79 Å². The molecule has 1 aromatic heterocycles. The van der Waals surface area contributed by atoms with Crippen LogP contribution >= 0.6 is 0 Å². The Morgan fingerprint density at radius 1 is 1.08 bits per heavy atom. The van der Waals surface area contributed by atoms with Crippen molar-refractivity contribution in [1.29, 1.82) is 0 Å². The molecule has 2 N–H and O–H groups in total. The Kier molecular flexibility index (Phi) is 5.26. The number of hydrogen-bond acceptors (Lipinski definition) is 3. The van der Waals surface area contributed by atoms with Crippen LogP contribution < -0.4 is 4.90 Å². The van der Waals surface area contributed by atoms with Crippen LogP contribution in [0.5, 0.6) is 0 Å². The largest absolute Gasteiger partial charge is 0.477 e. The molecule has 0 bridgehead atoms. The summed E-state index contributed by atoms with van der Waals surface area (Å²) in [6.45, 7) is 5.58. The number of aromatic nitrogens is 1. The van der Waals surface area contributed by atoms with E-state index in [1.807, 2.05) is 12.1 Å². The summed E-state index contributed by atoms with van der Waals surface area (Å²) in [4.78, 5) is 28.9. The van der Waals surface area contributed by atoms with Crippen molar-refractivity contribution >= 4 is 23.5 Å². The van der Waals surface area contributed by atoms with E-state index in [0.717, 1.165) is 18.7 Å². The van der Waals surface area contributed by atoms with Crippen molar-refractivity contribution in [3.8, 4) is 0 Å². The number of allylic oxidation sites excluding steroid dienone is 1. The fourth-order valence-electron chi connectivity index (χ4n) is 3.54. The lowest BCUT2D eigenvalue weighted by molar-refractivity contribution is 0.0690. The molecule has 5 heteroatoms. The highest BCUT2D eigenvalue weighted by atomic mass is 16.4. The third-order valence-corrected chi connectivity index (χ3v) is 4.94. The molecule has 1 saturated heterocycles. The van der Waals surface area contributed by atoms with Gasteiger partial charge in [-0.05, 0) is 62.4 Å².